The number of aliphatic hydroxyl groups excluding tert-OH is 1. The van der Waals surface area contributed by atoms with E-state index in [0.717, 1.165) is 0 Å². The minimum Gasteiger partial charge on any atom is -0.486 e. The van der Waals surface area contributed by atoms with Gasteiger partial charge in [-0.25, -0.2) is 4.39 Å². The van der Waals surface area contributed by atoms with Crippen LogP contribution in [0.5, 0.6) is 11.5 Å². The molecular weight excluding hydrogens is 213 g/mol. The van der Waals surface area contributed by atoms with Gasteiger partial charge in [-0.1, -0.05) is 0 Å². The first-order chi connectivity index (χ1) is 7.76. The van der Waals surface area contributed by atoms with E-state index in [1.165, 1.54) is 0 Å². The zero-order valence-electron chi connectivity index (χ0n) is 8.78. The highest BCUT2D eigenvalue weighted by molar-refractivity contribution is 5.51. The van der Waals surface area contributed by atoms with E-state index >= 15 is 0 Å². The Balaban J connectivity index is 2.47. The van der Waals surface area contributed by atoms with E-state index in [-0.39, 0.29) is 6.54 Å². The number of ether oxygens (including phenoxy) is 2. The molecule has 1 aromatic rings. The molecule has 3 N–H and O–H groups in total. The predicted molar refractivity (Wildman–Crippen MR) is 56.3 cm³/mol. The number of alkyl halides is 1. The Morgan fingerprint density at radius 1 is 1.38 bits per heavy atom. The van der Waals surface area contributed by atoms with Gasteiger partial charge in [0.15, 0.2) is 11.5 Å². The summed E-state index contributed by atoms with van der Waals surface area (Å²) < 4.78 is 23.4. The van der Waals surface area contributed by atoms with E-state index in [2.05, 4.69) is 0 Å². The molecule has 0 saturated carbocycles. The van der Waals surface area contributed by atoms with Gasteiger partial charge in [-0.2, -0.15) is 0 Å². The molecule has 1 aromatic carbocycles. The van der Waals surface area contributed by atoms with Crippen LogP contribution in [0.2, 0.25) is 0 Å². The van der Waals surface area contributed by atoms with Gasteiger partial charge in [-0.15, -0.1) is 0 Å². The Morgan fingerprint density at radius 3 is 2.81 bits per heavy atom. The van der Waals surface area contributed by atoms with Crippen molar-refractivity contribution in [2.24, 2.45) is 5.73 Å². The van der Waals surface area contributed by atoms with Crippen molar-refractivity contribution in [3.63, 3.8) is 0 Å². The fourth-order valence-corrected chi connectivity index (χ4v) is 1.69. The van der Waals surface area contributed by atoms with Crippen molar-refractivity contribution in [1.29, 1.82) is 0 Å². The summed E-state index contributed by atoms with van der Waals surface area (Å²) in [6.45, 7) is 0.305. The second-order valence-corrected chi connectivity index (χ2v) is 3.59. The van der Waals surface area contributed by atoms with Crippen LogP contribution in [0.1, 0.15) is 17.2 Å². The molecule has 2 rings (SSSR count). The molecule has 0 amide bonds. The van der Waals surface area contributed by atoms with Crippen LogP contribution in [0.25, 0.3) is 0 Å². The lowest BCUT2D eigenvalue weighted by Crippen LogP contribution is -2.20. The summed E-state index contributed by atoms with van der Waals surface area (Å²) in [4.78, 5) is 0. The second-order valence-electron chi connectivity index (χ2n) is 3.59. The molecule has 0 saturated heterocycles. The molecular formula is C11H14FNO3. The molecule has 0 spiro atoms. The highest BCUT2D eigenvalue weighted by atomic mass is 19.1. The molecule has 88 valence electrons. The predicted octanol–water partition coefficient (Wildman–Crippen LogP) is 0.919. The standard InChI is InChI=1S/C11H14FNO3/c12-5-7-3-8(9(14)6-13)11-10(4-7)15-1-2-16-11/h3-4,9,14H,1-2,5-6,13H2. The summed E-state index contributed by atoms with van der Waals surface area (Å²) in [5.41, 5.74) is 6.33. The summed E-state index contributed by atoms with van der Waals surface area (Å²) in [5, 5.41) is 9.72. The molecule has 1 atom stereocenters. The van der Waals surface area contributed by atoms with Crippen LogP contribution in [0.4, 0.5) is 4.39 Å². The van der Waals surface area contributed by atoms with Gasteiger partial charge in [-0.3, -0.25) is 0 Å². The van der Waals surface area contributed by atoms with Crippen molar-refractivity contribution in [2.75, 3.05) is 19.8 Å². The van der Waals surface area contributed by atoms with Crippen LogP contribution in [0.15, 0.2) is 12.1 Å². The summed E-state index contributed by atoms with van der Waals surface area (Å²) in [6.07, 6.45) is -0.859. The summed E-state index contributed by atoms with van der Waals surface area (Å²) in [6, 6.07) is 3.15. The van der Waals surface area contributed by atoms with Gasteiger partial charge in [0, 0.05) is 12.1 Å². The molecule has 1 aliphatic rings. The van der Waals surface area contributed by atoms with Crippen molar-refractivity contribution < 1.29 is 19.0 Å². The fourth-order valence-electron chi connectivity index (χ4n) is 1.69. The Kier molecular flexibility index (Phi) is 3.26. The molecule has 1 heterocycles. The minimum absolute atomic E-state index is 0.0611. The average molecular weight is 227 g/mol. The van der Waals surface area contributed by atoms with Gasteiger partial charge in [-0.05, 0) is 17.7 Å². The van der Waals surface area contributed by atoms with Crippen molar-refractivity contribution >= 4 is 0 Å². The third-order valence-electron chi connectivity index (χ3n) is 2.47. The monoisotopic (exact) mass is 227 g/mol. The minimum atomic E-state index is -0.859. The first-order valence-corrected chi connectivity index (χ1v) is 5.12. The Morgan fingerprint density at radius 2 is 2.12 bits per heavy atom. The lowest BCUT2D eigenvalue weighted by molar-refractivity contribution is 0.149. The van der Waals surface area contributed by atoms with E-state index in [1.54, 1.807) is 12.1 Å². The maximum atomic E-state index is 12.6. The van der Waals surface area contributed by atoms with Crippen LogP contribution >= 0.6 is 0 Å². The van der Waals surface area contributed by atoms with Crippen LogP contribution in [-0.4, -0.2) is 24.9 Å². The van der Waals surface area contributed by atoms with Crippen molar-refractivity contribution in [3.8, 4) is 11.5 Å². The van der Waals surface area contributed by atoms with E-state index in [0.29, 0.717) is 35.8 Å². The zero-order valence-corrected chi connectivity index (χ0v) is 8.78. The molecule has 1 unspecified atom stereocenters. The molecule has 0 aliphatic carbocycles. The van der Waals surface area contributed by atoms with Crippen molar-refractivity contribution in [1.82, 2.24) is 0 Å². The maximum Gasteiger partial charge on any atom is 0.167 e. The van der Waals surface area contributed by atoms with Gasteiger partial charge in [0.2, 0.25) is 0 Å². The number of aliphatic hydroxyl groups is 1. The SMILES string of the molecule is NCC(O)c1cc(CF)cc2c1OCCO2. The topological polar surface area (TPSA) is 64.7 Å². The summed E-state index contributed by atoms with van der Waals surface area (Å²) in [7, 11) is 0. The number of rotatable bonds is 3. The van der Waals surface area contributed by atoms with Gasteiger partial charge in [0.25, 0.3) is 0 Å². The van der Waals surface area contributed by atoms with Gasteiger partial charge >= 0.3 is 0 Å². The van der Waals surface area contributed by atoms with Gasteiger partial charge in [0.05, 0.1) is 6.10 Å². The van der Waals surface area contributed by atoms with Crippen LogP contribution in [-0.2, 0) is 6.67 Å². The number of hydrogen-bond donors (Lipinski definition) is 2. The number of halogens is 1. The second kappa shape index (κ2) is 4.67. The number of hydrogen-bond acceptors (Lipinski definition) is 4. The molecule has 0 bridgehead atoms. The first kappa shape index (κ1) is 11.2. The number of fused-ring (bicyclic) bond motifs is 1. The molecule has 0 radical (unpaired) electrons. The number of nitrogens with two attached hydrogens (primary N) is 1. The molecule has 4 nitrogen and oxygen atoms in total. The van der Waals surface area contributed by atoms with Gasteiger partial charge < -0.3 is 20.3 Å². The van der Waals surface area contributed by atoms with E-state index in [4.69, 9.17) is 15.2 Å². The third-order valence-corrected chi connectivity index (χ3v) is 2.47. The average Bonchev–Trinajstić information content (AvgIpc) is 2.36. The van der Waals surface area contributed by atoms with Crippen molar-refractivity contribution in [3.05, 3.63) is 23.3 Å². The maximum absolute atomic E-state index is 12.6. The lowest BCUT2D eigenvalue weighted by Gasteiger charge is -2.23. The first-order valence-electron chi connectivity index (χ1n) is 5.12. The zero-order chi connectivity index (χ0) is 11.5. The smallest absolute Gasteiger partial charge is 0.167 e. The lowest BCUT2D eigenvalue weighted by atomic mass is 10.0. The largest absolute Gasteiger partial charge is 0.486 e. The Bertz CT molecular complexity index is 384. The molecule has 0 aromatic heterocycles. The van der Waals surface area contributed by atoms with Crippen LogP contribution in [0.3, 0.4) is 0 Å². The quantitative estimate of drug-likeness (QED) is 0.806. The van der Waals surface area contributed by atoms with Crippen molar-refractivity contribution in [2.45, 2.75) is 12.8 Å². The third kappa shape index (κ3) is 1.96. The Hall–Kier alpha value is -1.33. The van der Waals surface area contributed by atoms with E-state index in [9.17, 15) is 9.50 Å². The normalized spacial score (nSPS) is 15.9. The fraction of sp³-hybridized carbons (Fsp3) is 0.455. The highest BCUT2D eigenvalue weighted by Gasteiger charge is 2.21. The van der Waals surface area contributed by atoms with Crippen LogP contribution < -0.4 is 15.2 Å². The molecule has 5 heteroatoms. The summed E-state index contributed by atoms with van der Waals surface area (Å²) >= 11 is 0. The van der Waals surface area contributed by atoms with Crippen LogP contribution in [0, 0.1) is 0 Å². The van der Waals surface area contributed by atoms with E-state index < -0.39 is 12.8 Å². The summed E-state index contributed by atoms with van der Waals surface area (Å²) in [5.74, 6) is 0.949. The molecule has 1 aliphatic heterocycles. The van der Waals surface area contributed by atoms with Gasteiger partial charge in [0.1, 0.15) is 19.9 Å². The number of benzene rings is 1. The van der Waals surface area contributed by atoms with E-state index in [1.807, 2.05) is 0 Å². The molecule has 0 fully saturated rings. The highest BCUT2D eigenvalue weighted by Crippen LogP contribution is 2.38. The molecule has 16 heavy (non-hydrogen) atoms. The Labute approximate surface area is 92.8 Å².